The number of para-hydroxylation sites is 1. The van der Waals surface area contributed by atoms with Crippen molar-refractivity contribution in [3.63, 3.8) is 0 Å². The average molecular weight is 392 g/mol. The molecule has 1 heterocycles. The molecule has 0 saturated heterocycles. The third-order valence-corrected chi connectivity index (χ3v) is 5.10. The van der Waals surface area contributed by atoms with Crippen LogP contribution in [0.4, 0.5) is 0 Å². The molecule has 2 N–H and O–H groups in total. The largest absolute Gasteiger partial charge is 0.354 e. The van der Waals surface area contributed by atoms with Gasteiger partial charge in [-0.05, 0) is 48.9 Å². The Hall–Kier alpha value is -3.08. The van der Waals surface area contributed by atoms with Crippen molar-refractivity contribution in [2.75, 3.05) is 6.54 Å². The molecule has 0 aliphatic rings. The number of carbonyl (C=O) groups excluding carboxylic acids is 2. The van der Waals surface area contributed by atoms with Crippen LogP contribution in [0.3, 0.4) is 0 Å². The van der Waals surface area contributed by atoms with Crippen molar-refractivity contribution in [3.8, 4) is 0 Å². The number of aryl methyl sites for hydroxylation is 2. The molecule has 2 aromatic carbocycles. The van der Waals surface area contributed by atoms with Gasteiger partial charge in [0.25, 0.3) is 5.91 Å². The van der Waals surface area contributed by atoms with Crippen LogP contribution in [-0.4, -0.2) is 29.0 Å². The molecule has 0 saturated carbocycles. The van der Waals surface area contributed by atoms with E-state index in [1.807, 2.05) is 45.0 Å². The summed E-state index contributed by atoms with van der Waals surface area (Å²) in [5, 5.41) is 7.07. The SMILES string of the molecule is Cc1ccc(C(=O)N[C@H](C(=O)NCCCn2ccc3ccccc32)C(C)C)cc1. The second-order valence-electron chi connectivity index (χ2n) is 7.77. The van der Waals surface area contributed by atoms with Gasteiger partial charge >= 0.3 is 0 Å². The van der Waals surface area contributed by atoms with Crippen molar-refractivity contribution in [3.05, 3.63) is 71.9 Å². The van der Waals surface area contributed by atoms with Gasteiger partial charge in [-0.15, -0.1) is 0 Å². The zero-order valence-electron chi connectivity index (χ0n) is 17.3. The molecular formula is C24H29N3O2. The molecule has 2 amide bonds. The van der Waals surface area contributed by atoms with Crippen LogP contribution in [0, 0.1) is 12.8 Å². The van der Waals surface area contributed by atoms with Crippen LogP contribution >= 0.6 is 0 Å². The highest BCUT2D eigenvalue weighted by atomic mass is 16.2. The molecule has 1 atom stereocenters. The number of hydrogen-bond acceptors (Lipinski definition) is 2. The number of fused-ring (bicyclic) bond motifs is 1. The fourth-order valence-electron chi connectivity index (χ4n) is 3.37. The van der Waals surface area contributed by atoms with Crippen LogP contribution in [0.1, 0.15) is 36.2 Å². The van der Waals surface area contributed by atoms with Gasteiger partial charge in [0.05, 0.1) is 0 Å². The average Bonchev–Trinajstić information content (AvgIpc) is 3.12. The zero-order valence-corrected chi connectivity index (χ0v) is 17.3. The number of benzene rings is 2. The Balaban J connectivity index is 1.51. The Bertz CT molecular complexity index is 973. The normalized spacial score (nSPS) is 12.1. The number of hydrogen-bond donors (Lipinski definition) is 2. The lowest BCUT2D eigenvalue weighted by atomic mass is 10.0. The van der Waals surface area contributed by atoms with Gasteiger partial charge in [-0.25, -0.2) is 0 Å². The summed E-state index contributed by atoms with van der Waals surface area (Å²) in [5.41, 5.74) is 2.85. The topological polar surface area (TPSA) is 63.1 Å². The number of amides is 2. The van der Waals surface area contributed by atoms with Crippen molar-refractivity contribution in [1.29, 1.82) is 0 Å². The molecule has 1 aromatic heterocycles. The van der Waals surface area contributed by atoms with E-state index in [1.54, 1.807) is 12.1 Å². The molecular weight excluding hydrogens is 362 g/mol. The van der Waals surface area contributed by atoms with E-state index in [0.717, 1.165) is 18.5 Å². The molecule has 0 fully saturated rings. The summed E-state index contributed by atoms with van der Waals surface area (Å²) >= 11 is 0. The van der Waals surface area contributed by atoms with E-state index >= 15 is 0 Å². The Labute approximate surface area is 172 Å². The summed E-state index contributed by atoms with van der Waals surface area (Å²) in [6, 6.07) is 17.1. The molecule has 0 aliphatic heterocycles. The number of carbonyl (C=O) groups is 2. The Morgan fingerprint density at radius 3 is 2.45 bits per heavy atom. The van der Waals surface area contributed by atoms with Gasteiger partial charge < -0.3 is 15.2 Å². The molecule has 3 aromatic rings. The smallest absolute Gasteiger partial charge is 0.251 e. The predicted molar refractivity (Wildman–Crippen MR) is 117 cm³/mol. The maximum atomic E-state index is 12.6. The fourth-order valence-corrected chi connectivity index (χ4v) is 3.37. The van der Waals surface area contributed by atoms with Crippen LogP contribution in [-0.2, 0) is 11.3 Å². The first kappa shape index (κ1) is 20.6. The quantitative estimate of drug-likeness (QED) is 0.572. The third-order valence-electron chi connectivity index (χ3n) is 5.10. The number of aromatic nitrogens is 1. The summed E-state index contributed by atoms with van der Waals surface area (Å²) < 4.78 is 2.20. The number of nitrogens with one attached hydrogen (secondary N) is 2. The van der Waals surface area contributed by atoms with Crippen molar-refractivity contribution in [2.45, 2.75) is 39.8 Å². The lowest BCUT2D eigenvalue weighted by Gasteiger charge is -2.22. The van der Waals surface area contributed by atoms with E-state index in [4.69, 9.17) is 0 Å². The minimum absolute atomic E-state index is 0.00205. The maximum Gasteiger partial charge on any atom is 0.251 e. The van der Waals surface area contributed by atoms with E-state index in [1.165, 1.54) is 10.9 Å². The summed E-state index contributed by atoms with van der Waals surface area (Å²) in [6.45, 7) is 7.24. The molecule has 0 radical (unpaired) electrons. The van der Waals surface area contributed by atoms with Crippen LogP contribution in [0.2, 0.25) is 0 Å². The first-order valence-electron chi connectivity index (χ1n) is 10.1. The highest BCUT2D eigenvalue weighted by Crippen LogP contribution is 2.15. The third kappa shape index (κ3) is 5.25. The van der Waals surface area contributed by atoms with E-state index < -0.39 is 6.04 Å². The second-order valence-corrected chi connectivity index (χ2v) is 7.77. The highest BCUT2D eigenvalue weighted by molar-refractivity contribution is 5.97. The lowest BCUT2D eigenvalue weighted by Crippen LogP contribution is -2.49. The Morgan fingerprint density at radius 2 is 1.72 bits per heavy atom. The first-order chi connectivity index (χ1) is 14.0. The molecule has 5 nitrogen and oxygen atoms in total. The predicted octanol–water partition coefficient (Wildman–Crippen LogP) is 3.91. The molecule has 0 aliphatic carbocycles. The van der Waals surface area contributed by atoms with Crippen molar-refractivity contribution in [2.24, 2.45) is 5.92 Å². The molecule has 152 valence electrons. The van der Waals surface area contributed by atoms with Gasteiger partial charge in [-0.2, -0.15) is 0 Å². The summed E-state index contributed by atoms with van der Waals surface area (Å²) in [7, 11) is 0. The van der Waals surface area contributed by atoms with Crippen molar-refractivity contribution < 1.29 is 9.59 Å². The Morgan fingerprint density at radius 1 is 1.00 bits per heavy atom. The molecule has 29 heavy (non-hydrogen) atoms. The van der Waals surface area contributed by atoms with Crippen LogP contribution < -0.4 is 10.6 Å². The standard InChI is InChI=1S/C24H29N3O2/c1-17(2)22(26-23(28)20-11-9-18(3)10-12-20)24(29)25-14-6-15-27-16-13-19-7-4-5-8-21(19)27/h4-5,7-13,16-17,22H,6,14-15H2,1-3H3,(H,25,29)(H,26,28)/t22-/m0/s1. The minimum Gasteiger partial charge on any atom is -0.354 e. The second kappa shape index (κ2) is 9.41. The lowest BCUT2D eigenvalue weighted by molar-refractivity contribution is -0.123. The molecule has 3 rings (SSSR count). The monoisotopic (exact) mass is 391 g/mol. The van der Waals surface area contributed by atoms with E-state index in [2.05, 4.69) is 39.6 Å². The zero-order chi connectivity index (χ0) is 20.8. The molecule has 5 heteroatoms. The van der Waals surface area contributed by atoms with Gasteiger partial charge in [0.2, 0.25) is 5.91 Å². The van der Waals surface area contributed by atoms with Gasteiger partial charge in [0.15, 0.2) is 0 Å². The van der Waals surface area contributed by atoms with Crippen LogP contribution in [0.15, 0.2) is 60.8 Å². The van der Waals surface area contributed by atoms with E-state index in [-0.39, 0.29) is 17.7 Å². The summed E-state index contributed by atoms with van der Waals surface area (Å²) in [6.07, 6.45) is 2.90. The van der Waals surface area contributed by atoms with Crippen LogP contribution in [0.5, 0.6) is 0 Å². The Kier molecular flexibility index (Phi) is 6.70. The van der Waals surface area contributed by atoms with Gasteiger partial charge in [0, 0.05) is 30.4 Å². The molecule has 0 spiro atoms. The van der Waals surface area contributed by atoms with Crippen LogP contribution in [0.25, 0.3) is 10.9 Å². The van der Waals surface area contributed by atoms with Crippen molar-refractivity contribution in [1.82, 2.24) is 15.2 Å². The van der Waals surface area contributed by atoms with Gasteiger partial charge in [0.1, 0.15) is 6.04 Å². The minimum atomic E-state index is -0.559. The number of nitrogens with zero attached hydrogens (tertiary/aromatic N) is 1. The maximum absolute atomic E-state index is 12.6. The summed E-state index contributed by atoms with van der Waals surface area (Å²) in [5.74, 6) is -0.367. The van der Waals surface area contributed by atoms with Gasteiger partial charge in [-0.1, -0.05) is 49.7 Å². The molecule has 0 unspecified atom stereocenters. The fraction of sp³-hybridized carbons (Fsp3) is 0.333. The van der Waals surface area contributed by atoms with E-state index in [0.29, 0.717) is 12.1 Å². The molecule has 0 bridgehead atoms. The first-order valence-corrected chi connectivity index (χ1v) is 10.1. The van der Waals surface area contributed by atoms with Crippen molar-refractivity contribution >= 4 is 22.7 Å². The van der Waals surface area contributed by atoms with Gasteiger partial charge in [-0.3, -0.25) is 9.59 Å². The summed E-state index contributed by atoms with van der Waals surface area (Å²) in [4.78, 5) is 25.1. The number of rotatable bonds is 8. The highest BCUT2D eigenvalue weighted by Gasteiger charge is 2.24. The van der Waals surface area contributed by atoms with E-state index in [9.17, 15) is 9.59 Å².